The molecular formula is C26H30F2N6O3. The van der Waals surface area contributed by atoms with Gasteiger partial charge in [0.2, 0.25) is 5.89 Å². The average Bonchev–Trinajstić information content (AvgIpc) is 3.39. The first-order chi connectivity index (χ1) is 17.6. The minimum atomic E-state index is -2.85. The number of carbonyl (C=O) groups excluding carboxylic acids is 2. The lowest BCUT2D eigenvalue weighted by Crippen LogP contribution is -2.44. The van der Waals surface area contributed by atoms with Gasteiger partial charge in [-0.3, -0.25) is 9.78 Å². The lowest BCUT2D eigenvalue weighted by molar-refractivity contribution is -0.111. The molecule has 0 aliphatic carbocycles. The highest BCUT2D eigenvalue weighted by Crippen LogP contribution is 2.30. The molecule has 4 rings (SSSR count). The summed E-state index contributed by atoms with van der Waals surface area (Å²) in [5.41, 5.74) is 2.21. The predicted octanol–water partition coefficient (Wildman–Crippen LogP) is 3.57. The number of alkyl halides is 2. The predicted molar refractivity (Wildman–Crippen MR) is 134 cm³/mol. The summed E-state index contributed by atoms with van der Waals surface area (Å²) >= 11 is 0. The SMILES string of the molecule is CN1CCN(c2ccc(C(C)(C)C=O)c(C(=O)N(C)Cc3ccc(-c4nnc(C(F)F)o4)cn3)c2)CC1. The highest BCUT2D eigenvalue weighted by Gasteiger charge is 2.29. The molecular weight excluding hydrogens is 482 g/mol. The molecule has 0 bridgehead atoms. The number of benzene rings is 1. The van der Waals surface area contributed by atoms with E-state index in [1.807, 2.05) is 18.2 Å². The number of rotatable bonds is 8. The number of pyridine rings is 1. The summed E-state index contributed by atoms with van der Waals surface area (Å²) in [4.78, 5) is 35.9. The Labute approximate surface area is 214 Å². The molecule has 3 aromatic rings. The lowest BCUT2D eigenvalue weighted by Gasteiger charge is -2.35. The van der Waals surface area contributed by atoms with E-state index < -0.39 is 17.7 Å². The van der Waals surface area contributed by atoms with E-state index in [0.717, 1.165) is 38.2 Å². The van der Waals surface area contributed by atoms with E-state index in [-0.39, 0.29) is 18.3 Å². The Morgan fingerprint density at radius 2 is 1.89 bits per heavy atom. The molecule has 1 aliphatic heterocycles. The molecule has 0 saturated carbocycles. The number of likely N-dealkylation sites (N-methyl/N-ethyl adjacent to an activating group) is 1. The minimum absolute atomic E-state index is 0.0553. The van der Waals surface area contributed by atoms with E-state index >= 15 is 0 Å². The molecule has 1 aliphatic rings. The van der Waals surface area contributed by atoms with Gasteiger partial charge in [0, 0.05) is 56.1 Å². The van der Waals surface area contributed by atoms with Crippen LogP contribution in [0.1, 0.15) is 47.8 Å². The van der Waals surface area contributed by atoms with Crippen LogP contribution in [0, 0.1) is 0 Å². The number of nitrogens with zero attached hydrogens (tertiary/aromatic N) is 6. The number of aromatic nitrogens is 3. The molecule has 0 N–H and O–H groups in total. The van der Waals surface area contributed by atoms with E-state index in [1.165, 1.54) is 11.1 Å². The van der Waals surface area contributed by atoms with Gasteiger partial charge in [-0.25, -0.2) is 0 Å². The summed E-state index contributed by atoms with van der Waals surface area (Å²) in [6, 6.07) is 9.01. The number of halogens is 2. The summed E-state index contributed by atoms with van der Waals surface area (Å²) in [6.07, 6.45) is -0.561. The van der Waals surface area contributed by atoms with E-state index in [0.29, 0.717) is 22.4 Å². The number of anilines is 1. The van der Waals surface area contributed by atoms with E-state index in [4.69, 9.17) is 4.42 Å². The third-order valence-electron chi connectivity index (χ3n) is 6.54. The smallest absolute Gasteiger partial charge is 0.314 e. The monoisotopic (exact) mass is 512 g/mol. The molecule has 0 unspecified atom stereocenters. The van der Waals surface area contributed by atoms with Crippen molar-refractivity contribution in [2.45, 2.75) is 32.2 Å². The van der Waals surface area contributed by atoms with Crippen LogP contribution in [-0.4, -0.2) is 77.4 Å². The first-order valence-electron chi connectivity index (χ1n) is 12.0. The normalized spacial score (nSPS) is 14.7. The third-order valence-corrected chi connectivity index (χ3v) is 6.54. The molecule has 1 aromatic carbocycles. The number of piperazine rings is 1. The number of hydrogen-bond acceptors (Lipinski definition) is 8. The van der Waals surface area contributed by atoms with Crippen LogP contribution in [0.4, 0.5) is 14.5 Å². The van der Waals surface area contributed by atoms with Gasteiger partial charge in [-0.15, -0.1) is 10.2 Å². The largest absolute Gasteiger partial charge is 0.415 e. The zero-order valence-corrected chi connectivity index (χ0v) is 21.3. The van der Waals surface area contributed by atoms with Crippen LogP contribution >= 0.6 is 0 Å². The Hall–Kier alpha value is -3.73. The number of carbonyl (C=O) groups is 2. The van der Waals surface area contributed by atoms with Crippen molar-refractivity contribution in [3.63, 3.8) is 0 Å². The van der Waals surface area contributed by atoms with Crippen LogP contribution in [0.5, 0.6) is 0 Å². The van der Waals surface area contributed by atoms with Crippen molar-refractivity contribution in [2.24, 2.45) is 0 Å². The van der Waals surface area contributed by atoms with Crippen LogP contribution in [0.3, 0.4) is 0 Å². The molecule has 0 spiro atoms. The van der Waals surface area contributed by atoms with Gasteiger partial charge in [-0.1, -0.05) is 6.07 Å². The van der Waals surface area contributed by atoms with E-state index in [1.54, 1.807) is 33.0 Å². The van der Waals surface area contributed by atoms with Gasteiger partial charge >= 0.3 is 6.43 Å². The fourth-order valence-corrected chi connectivity index (χ4v) is 4.20. The summed E-state index contributed by atoms with van der Waals surface area (Å²) in [5, 5.41) is 6.94. The number of hydrogen-bond donors (Lipinski definition) is 0. The van der Waals surface area contributed by atoms with Crippen LogP contribution < -0.4 is 4.90 Å². The summed E-state index contributed by atoms with van der Waals surface area (Å²) < 4.78 is 30.4. The summed E-state index contributed by atoms with van der Waals surface area (Å²) in [6.45, 7) is 7.35. The maximum absolute atomic E-state index is 13.6. The van der Waals surface area contributed by atoms with Gasteiger partial charge in [0.25, 0.3) is 11.8 Å². The molecule has 0 atom stereocenters. The number of aldehydes is 1. The van der Waals surface area contributed by atoms with Crippen molar-refractivity contribution in [2.75, 3.05) is 45.2 Å². The maximum atomic E-state index is 13.6. The van der Waals surface area contributed by atoms with Gasteiger partial charge in [0.15, 0.2) is 0 Å². The highest BCUT2D eigenvalue weighted by atomic mass is 19.3. The third kappa shape index (κ3) is 5.82. The summed E-state index contributed by atoms with van der Waals surface area (Å²) in [7, 11) is 3.76. The van der Waals surface area contributed by atoms with Crippen LogP contribution in [-0.2, 0) is 16.8 Å². The molecule has 9 nitrogen and oxygen atoms in total. The second kappa shape index (κ2) is 10.7. The second-order valence-electron chi connectivity index (χ2n) is 9.81. The second-order valence-corrected chi connectivity index (χ2v) is 9.81. The van der Waals surface area contributed by atoms with Crippen LogP contribution in [0.2, 0.25) is 0 Å². The molecule has 0 radical (unpaired) electrons. The zero-order chi connectivity index (χ0) is 26.7. The highest BCUT2D eigenvalue weighted by molar-refractivity contribution is 5.98. The first-order valence-corrected chi connectivity index (χ1v) is 12.0. The standard InChI is InChI=1S/C26H30F2N6O3/c1-26(2,16-35)21-8-7-19(34-11-9-32(3)10-12-34)13-20(21)25(36)33(4)15-18-6-5-17(14-29-18)23-30-31-24(37-23)22(27)28/h5-8,13-14,16,22H,9-12,15H2,1-4H3. The van der Waals surface area contributed by atoms with Gasteiger partial charge in [-0.05, 0) is 50.7 Å². The Morgan fingerprint density at radius 1 is 1.16 bits per heavy atom. The molecule has 196 valence electrons. The van der Waals surface area contributed by atoms with Gasteiger partial charge in [0.05, 0.1) is 17.8 Å². The molecule has 3 heterocycles. The van der Waals surface area contributed by atoms with Gasteiger partial charge in [0.1, 0.15) is 6.29 Å². The molecule has 11 heteroatoms. The number of amides is 1. The summed E-state index contributed by atoms with van der Waals surface area (Å²) in [5.74, 6) is -1.04. The topological polar surface area (TPSA) is 95.7 Å². The zero-order valence-electron chi connectivity index (χ0n) is 21.3. The fourth-order valence-electron chi connectivity index (χ4n) is 4.20. The minimum Gasteiger partial charge on any atom is -0.415 e. The van der Waals surface area contributed by atoms with Crippen molar-refractivity contribution in [1.82, 2.24) is 25.0 Å². The Morgan fingerprint density at radius 3 is 2.49 bits per heavy atom. The molecule has 2 aromatic heterocycles. The lowest BCUT2D eigenvalue weighted by atomic mass is 9.82. The van der Waals surface area contributed by atoms with Crippen molar-refractivity contribution >= 4 is 17.9 Å². The Balaban J connectivity index is 1.55. The molecule has 37 heavy (non-hydrogen) atoms. The van der Waals surface area contributed by atoms with E-state index in [2.05, 4.69) is 32.0 Å². The quantitative estimate of drug-likeness (QED) is 0.423. The fraction of sp³-hybridized carbons (Fsp3) is 0.423. The van der Waals surface area contributed by atoms with Gasteiger partial charge in [-0.2, -0.15) is 8.78 Å². The molecule has 1 saturated heterocycles. The first kappa shape index (κ1) is 26.3. The van der Waals surface area contributed by atoms with Crippen LogP contribution in [0.25, 0.3) is 11.5 Å². The van der Waals surface area contributed by atoms with Gasteiger partial charge < -0.3 is 23.9 Å². The molecule has 1 amide bonds. The van der Waals surface area contributed by atoms with Crippen molar-refractivity contribution in [3.8, 4) is 11.5 Å². The Kier molecular flexibility index (Phi) is 7.63. The van der Waals surface area contributed by atoms with Crippen molar-refractivity contribution < 1.29 is 22.8 Å². The van der Waals surface area contributed by atoms with Crippen molar-refractivity contribution in [1.29, 1.82) is 0 Å². The molecule has 1 fully saturated rings. The average molecular weight is 513 g/mol. The van der Waals surface area contributed by atoms with E-state index in [9.17, 15) is 18.4 Å². The van der Waals surface area contributed by atoms with Crippen LogP contribution in [0.15, 0.2) is 40.9 Å². The van der Waals surface area contributed by atoms with Crippen molar-refractivity contribution in [3.05, 3.63) is 59.2 Å². The maximum Gasteiger partial charge on any atom is 0.314 e. The Bertz CT molecular complexity index is 1250.